The summed E-state index contributed by atoms with van der Waals surface area (Å²) in [6.45, 7) is 5.94. The van der Waals surface area contributed by atoms with Gasteiger partial charge < -0.3 is 0 Å². The van der Waals surface area contributed by atoms with Crippen molar-refractivity contribution in [2.75, 3.05) is 13.1 Å². The highest BCUT2D eigenvalue weighted by atomic mass is 16.1. The zero-order valence-electron chi connectivity index (χ0n) is 12.3. The standard InChI is InChI=1S/C17H22N2O/c1-13(2)9-10-19(16-7-8-16)12-17(20)15-5-3-14(11-18)4-6-15/h3-6,13,16H,7-10,12H2,1-2H3. The van der Waals surface area contributed by atoms with Crippen LogP contribution >= 0.6 is 0 Å². The minimum absolute atomic E-state index is 0.158. The molecule has 1 fully saturated rings. The quantitative estimate of drug-likeness (QED) is 0.714. The molecule has 0 aliphatic heterocycles. The summed E-state index contributed by atoms with van der Waals surface area (Å²) in [5.41, 5.74) is 1.31. The van der Waals surface area contributed by atoms with E-state index in [9.17, 15) is 4.79 Å². The van der Waals surface area contributed by atoms with Crippen LogP contribution in [0, 0.1) is 17.2 Å². The van der Waals surface area contributed by atoms with Crippen LogP contribution in [0.3, 0.4) is 0 Å². The van der Waals surface area contributed by atoms with Crippen molar-refractivity contribution in [1.29, 1.82) is 5.26 Å². The van der Waals surface area contributed by atoms with E-state index in [0.717, 1.165) is 13.0 Å². The van der Waals surface area contributed by atoms with E-state index in [1.165, 1.54) is 12.8 Å². The van der Waals surface area contributed by atoms with Gasteiger partial charge in [0.2, 0.25) is 0 Å². The predicted molar refractivity (Wildman–Crippen MR) is 79.5 cm³/mol. The average molecular weight is 270 g/mol. The molecule has 106 valence electrons. The van der Waals surface area contributed by atoms with Gasteiger partial charge in [0.25, 0.3) is 0 Å². The maximum absolute atomic E-state index is 12.3. The summed E-state index contributed by atoms with van der Waals surface area (Å²) >= 11 is 0. The average Bonchev–Trinajstić information content (AvgIpc) is 3.27. The summed E-state index contributed by atoms with van der Waals surface area (Å²) in [4.78, 5) is 14.6. The molecule has 3 heteroatoms. The Labute approximate surface area is 121 Å². The Hall–Kier alpha value is -1.66. The van der Waals surface area contributed by atoms with Gasteiger partial charge in [0, 0.05) is 11.6 Å². The van der Waals surface area contributed by atoms with Gasteiger partial charge >= 0.3 is 0 Å². The molecule has 1 aromatic carbocycles. The Morgan fingerprint density at radius 1 is 1.35 bits per heavy atom. The second-order valence-electron chi connectivity index (χ2n) is 6.00. The maximum Gasteiger partial charge on any atom is 0.176 e. The monoisotopic (exact) mass is 270 g/mol. The summed E-state index contributed by atoms with van der Waals surface area (Å²) in [6, 6.07) is 9.62. The van der Waals surface area contributed by atoms with E-state index >= 15 is 0 Å². The second-order valence-corrected chi connectivity index (χ2v) is 6.00. The lowest BCUT2D eigenvalue weighted by molar-refractivity contribution is 0.0920. The zero-order valence-corrected chi connectivity index (χ0v) is 12.3. The Balaban J connectivity index is 1.95. The van der Waals surface area contributed by atoms with Gasteiger partial charge in [-0.3, -0.25) is 9.69 Å². The molecule has 1 saturated carbocycles. The third kappa shape index (κ3) is 4.18. The first-order valence-electron chi connectivity index (χ1n) is 7.37. The summed E-state index contributed by atoms with van der Waals surface area (Å²) in [5.74, 6) is 0.825. The molecule has 0 amide bonds. The SMILES string of the molecule is CC(C)CCN(CC(=O)c1ccc(C#N)cc1)C1CC1. The fourth-order valence-electron chi connectivity index (χ4n) is 2.26. The molecule has 1 aromatic rings. The fourth-order valence-corrected chi connectivity index (χ4v) is 2.26. The molecular weight excluding hydrogens is 248 g/mol. The van der Waals surface area contributed by atoms with Crippen LogP contribution in [0.5, 0.6) is 0 Å². The lowest BCUT2D eigenvalue weighted by Gasteiger charge is -2.22. The number of rotatable bonds is 7. The van der Waals surface area contributed by atoms with Gasteiger partial charge in [-0.05, 0) is 43.9 Å². The topological polar surface area (TPSA) is 44.1 Å². The summed E-state index contributed by atoms with van der Waals surface area (Å²) < 4.78 is 0. The first-order chi connectivity index (χ1) is 9.60. The molecule has 1 aliphatic rings. The molecule has 0 aromatic heterocycles. The van der Waals surface area contributed by atoms with Crippen molar-refractivity contribution in [2.24, 2.45) is 5.92 Å². The number of hydrogen-bond acceptors (Lipinski definition) is 3. The van der Waals surface area contributed by atoms with Gasteiger partial charge in [-0.15, -0.1) is 0 Å². The number of carbonyl (C=O) groups is 1. The van der Waals surface area contributed by atoms with E-state index in [2.05, 4.69) is 24.8 Å². The smallest absolute Gasteiger partial charge is 0.176 e. The third-order valence-corrected chi connectivity index (χ3v) is 3.74. The predicted octanol–water partition coefficient (Wildman–Crippen LogP) is 3.25. The molecule has 20 heavy (non-hydrogen) atoms. The van der Waals surface area contributed by atoms with Crippen LogP contribution in [0.15, 0.2) is 24.3 Å². The minimum Gasteiger partial charge on any atom is -0.293 e. The Morgan fingerprint density at radius 3 is 2.50 bits per heavy atom. The minimum atomic E-state index is 0.158. The molecule has 0 bridgehead atoms. The van der Waals surface area contributed by atoms with E-state index in [1.807, 2.05) is 0 Å². The second kappa shape index (κ2) is 6.67. The lowest BCUT2D eigenvalue weighted by Crippen LogP contribution is -2.33. The summed E-state index contributed by atoms with van der Waals surface area (Å²) in [5, 5.41) is 8.77. The van der Waals surface area contributed by atoms with Crippen molar-refractivity contribution >= 4 is 5.78 Å². The van der Waals surface area contributed by atoms with Gasteiger partial charge in [-0.25, -0.2) is 0 Å². The van der Waals surface area contributed by atoms with Crippen molar-refractivity contribution in [3.63, 3.8) is 0 Å². The lowest BCUT2D eigenvalue weighted by atomic mass is 10.1. The molecule has 0 heterocycles. The first-order valence-corrected chi connectivity index (χ1v) is 7.37. The number of nitriles is 1. The molecule has 0 N–H and O–H groups in total. The largest absolute Gasteiger partial charge is 0.293 e. The third-order valence-electron chi connectivity index (χ3n) is 3.74. The van der Waals surface area contributed by atoms with Crippen LogP contribution in [0.4, 0.5) is 0 Å². The Bertz CT molecular complexity index is 495. The number of nitrogens with zero attached hydrogens (tertiary/aromatic N) is 2. The number of Topliss-reactive ketones (excluding diaryl/α,β-unsaturated/α-hetero) is 1. The van der Waals surface area contributed by atoms with Crippen molar-refractivity contribution in [3.8, 4) is 6.07 Å². The van der Waals surface area contributed by atoms with Crippen LogP contribution in [-0.4, -0.2) is 29.8 Å². The summed E-state index contributed by atoms with van der Waals surface area (Å²) in [7, 11) is 0. The highest BCUT2D eigenvalue weighted by Gasteiger charge is 2.30. The molecule has 3 nitrogen and oxygen atoms in total. The van der Waals surface area contributed by atoms with Crippen LogP contribution in [0.1, 0.15) is 49.0 Å². The zero-order chi connectivity index (χ0) is 14.5. The van der Waals surface area contributed by atoms with Crippen LogP contribution < -0.4 is 0 Å². The van der Waals surface area contributed by atoms with Gasteiger partial charge in [0.1, 0.15) is 0 Å². The van der Waals surface area contributed by atoms with Crippen LogP contribution in [0.2, 0.25) is 0 Å². The van der Waals surface area contributed by atoms with E-state index in [1.54, 1.807) is 24.3 Å². The number of benzene rings is 1. The van der Waals surface area contributed by atoms with E-state index in [0.29, 0.717) is 29.6 Å². The van der Waals surface area contributed by atoms with Crippen molar-refractivity contribution < 1.29 is 4.79 Å². The molecule has 2 rings (SSSR count). The normalized spacial score (nSPS) is 14.6. The number of carbonyl (C=O) groups excluding carboxylic acids is 1. The van der Waals surface area contributed by atoms with Gasteiger partial charge in [0.15, 0.2) is 5.78 Å². The molecule has 1 aliphatic carbocycles. The van der Waals surface area contributed by atoms with Crippen LogP contribution in [-0.2, 0) is 0 Å². The van der Waals surface area contributed by atoms with E-state index in [-0.39, 0.29) is 5.78 Å². The van der Waals surface area contributed by atoms with Crippen molar-refractivity contribution in [1.82, 2.24) is 4.90 Å². The number of ketones is 1. The Morgan fingerprint density at radius 2 is 2.00 bits per heavy atom. The molecule has 0 radical (unpaired) electrons. The molecule has 0 atom stereocenters. The maximum atomic E-state index is 12.3. The fraction of sp³-hybridized carbons (Fsp3) is 0.529. The number of hydrogen-bond donors (Lipinski definition) is 0. The van der Waals surface area contributed by atoms with Crippen molar-refractivity contribution in [2.45, 2.75) is 39.2 Å². The van der Waals surface area contributed by atoms with Crippen LogP contribution in [0.25, 0.3) is 0 Å². The molecular formula is C17H22N2O. The molecule has 0 saturated heterocycles. The van der Waals surface area contributed by atoms with Crippen molar-refractivity contribution in [3.05, 3.63) is 35.4 Å². The Kier molecular flexibility index (Phi) is 4.92. The summed E-state index contributed by atoms with van der Waals surface area (Å²) in [6.07, 6.45) is 3.58. The van der Waals surface area contributed by atoms with Gasteiger partial charge in [0.05, 0.1) is 18.2 Å². The highest BCUT2D eigenvalue weighted by Crippen LogP contribution is 2.27. The van der Waals surface area contributed by atoms with E-state index in [4.69, 9.17) is 5.26 Å². The first kappa shape index (κ1) is 14.7. The molecule has 0 spiro atoms. The van der Waals surface area contributed by atoms with Gasteiger partial charge in [-0.2, -0.15) is 5.26 Å². The highest BCUT2D eigenvalue weighted by molar-refractivity contribution is 5.97. The van der Waals surface area contributed by atoms with E-state index < -0.39 is 0 Å². The van der Waals surface area contributed by atoms with Gasteiger partial charge in [-0.1, -0.05) is 26.0 Å². The molecule has 0 unspecified atom stereocenters.